The van der Waals surface area contributed by atoms with Crippen LogP contribution in [-0.2, 0) is 9.53 Å². The maximum Gasteiger partial charge on any atom is 0.233 e. The van der Waals surface area contributed by atoms with Gasteiger partial charge in [-0.15, -0.1) is 6.42 Å². The molecule has 1 atom stereocenters. The number of ether oxygens (including phenoxy) is 1. The second kappa shape index (κ2) is 9.46. The maximum absolute atomic E-state index is 11.1. The van der Waals surface area contributed by atoms with Crippen LogP contribution in [0.1, 0.15) is 6.42 Å². The first-order valence-corrected chi connectivity index (χ1v) is 4.78. The van der Waals surface area contributed by atoms with Gasteiger partial charge in [-0.3, -0.25) is 10.1 Å². The Bertz CT molecular complexity index is 213. The Hall–Kier alpha value is -1.09. The molecule has 0 fully saturated rings. The number of terminal acetylenes is 1. The second-order valence-corrected chi connectivity index (χ2v) is 3.06. The van der Waals surface area contributed by atoms with E-state index < -0.39 is 6.10 Å². The number of nitrogens with one attached hydrogen (secondary N) is 2. The molecule has 0 rings (SSSR count). The number of carbonyl (C=O) groups excluding carboxylic acids is 1. The number of carbonyl (C=O) groups is 1. The van der Waals surface area contributed by atoms with Gasteiger partial charge in [0.15, 0.2) is 0 Å². The smallest absolute Gasteiger partial charge is 0.233 e. The van der Waals surface area contributed by atoms with Gasteiger partial charge in [-0.05, 0) is 6.42 Å². The highest BCUT2D eigenvalue weighted by molar-refractivity contribution is 5.77. The first-order valence-electron chi connectivity index (χ1n) is 4.78. The molecule has 1 amide bonds. The van der Waals surface area contributed by atoms with Crippen LogP contribution in [0.5, 0.6) is 0 Å². The lowest BCUT2D eigenvalue weighted by molar-refractivity contribution is -0.120. The molecule has 0 saturated carbocycles. The SMILES string of the molecule is C#CCNCC(=O)NCCC(O)COC. The molecular weight excluding hydrogens is 196 g/mol. The minimum atomic E-state index is -0.533. The molecule has 0 aromatic heterocycles. The van der Waals surface area contributed by atoms with Gasteiger partial charge in [0.25, 0.3) is 0 Å². The fourth-order valence-electron chi connectivity index (χ4n) is 0.965. The fourth-order valence-corrected chi connectivity index (χ4v) is 0.965. The number of methoxy groups -OCH3 is 1. The minimum Gasteiger partial charge on any atom is -0.391 e. The maximum atomic E-state index is 11.1. The van der Waals surface area contributed by atoms with Crippen molar-refractivity contribution in [1.29, 1.82) is 0 Å². The van der Waals surface area contributed by atoms with Crippen LogP contribution in [0, 0.1) is 12.3 Å². The third-order valence-electron chi connectivity index (χ3n) is 1.67. The van der Waals surface area contributed by atoms with Crippen molar-refractivity contribution in [3.63, 3.8) is 0 Å². The second-order valence-electron chi connectivity index (χ2n) is 3.06. The lowest BCUT2D eigenvalue weighted by atomic mass is 10.2. The lowest BCUT2D eigenvalue weighted by Crippen LogP contribution is -2.35. The van der Waals surface area contributed by atoms with Crippen LogP contribution < -0.4 is 10.6 Å². The van der Waals surface area contributed by atoms with Crippen molar-refractivity contribution in [3.05, 3.63) is 0 Å². The molecule has 0 aliphatic carbocycles. The van der Waals surface area contributed by atoms with Gasteiger partial charge in [-0.25, -0.2) is 0 Å². The van der Waals surface area contributed by atoms with Crippen molar-refractivity contribution in [1.82, 2.24) is 10.6 Å². The van der Waals surface area contributed by atoms with Crippen LogP contribution in [0.15, 0.2) is 0 Å². The van der Waals surface area contributed by atoms with E-state index in [1.54, 1.807) is 0 Å². The molecule has 0 aliphatic rings. The largest absolute Gasteiger partial charge is 0.391 e. The van der Waals surface area contributed by atoms with Crippen molar-refractivity contribution in [2.75, 3.05) is 33.4 Å². The van der Waals surface area contributed by atoms with Crippen LogP contribution in [0.4, 0.5) is 0 Å². The molecule has 3 N–H and O–H groups in total. The topological polar surface area (TPSA) is 70.6 Å². The molecule has 0 aliphatic heterocycles. The number of aliphatic hydroxyl groups excluding tert-OH is 1. The zero-order chi connectivity index (χ0) is 11.5. The quantitative estimate of drug-likeness (QED) is 0.348. The Balaban J connectivity index is 3.35. The third-order valence-corrected chi connectivity index (χ3v) is 1.67. The normalized spacial score (nSPS) is 11.8. The Labute approximate surface area is 90.2 Å². The van der Waals surface area contributed by atoms with Gasteiger partial charge in [0.2, 0.25) is 5.91 Å². The molecule has 5 nitrogen and oxygen atoms in total. The summed E-state index contributed by atoms with van der Waals surface area (Å²) >= 11 is 0. The zero-order valence-electron chi connectivity index (χ0n) is 8.95. The zero-order valence-corrected chi connectivity index (χ0v) is 8.95. The summed E-state index contributed by atoms with van der Waals surface area (Å²) in [6.45, 7) is 1.29. The summed E-state index contributed by atoms with van der Waals surface area (Å²) in [5.41, 5.74) is 0. The summed E-state index contributed by atoms with van der Waals surface area (Å²) in [5, 5.41) is 14.7. The summed E-state index contributed by atoms with van der Waals surface area (Å²) in [4.78, 5) is 11.1. The van der Waals surface area contributed by atoms with Gasteiger partial charge in [-0.2, -0.15) is 0 Å². The Morgan fingerprint density at radius 1 is 1.67 bits per heavy atom. The van der Waals surface area contributed by atoms with E-state index in [1.165, 1.54) is 7.11 Å². The van der Waals surface area contributed by atoms with Crippen LogP contribution in [-0.4, -0.2) is 50.5 Å². The van der Waals surface area contributed by atoms with Gasteiger partial charge in [-0.1, -0.05) is 5.92 Å². The van der Waals surface area contributed by atoms with Crippen LogP contribution >= 0.6 is 0 Å². The highest BCUT2D eigenvalue weighted by Crippen LogP contribution is 1.89. The first kappa shape index (κ1) is 13.9. The lowest BCUT2D eigenvalue weighted by Gasteiger charge is -2.09. The highest BCUT2D eigenvalue weighted by Gasteiger charge is 2.04. The van der Waals surface area contributed by atoms with Gasteiger partial charge < -0.3 is 15.2 Å². The fraction of sp³-hybridized carbons (Fsp3) is 0.700. The molecule has 0 aromatic carbocycles. The van der Waals surface area contributed by atoms with E-state index in [4.69, 9.17) is 11.2 Å². The summed E-state index contributed by atoms with van der Waals surface area (Å²) < 4.78 is 4.74. The highest BCUT2D eigenvalue weighted by atomic mass is 16.5. The molecule has 0 spiro atoms. The summed E-state index contributed by atoms with van der Waals surface area (Å²) in [6.07, 6.45) is 4.94. The van der Waals surface area contributed by atoms with Crippen molar-refractivity contribution in [3.8, 4) is 12.3 Å². The Kier molecular flexibility index (Phi) is 8.78. The van der Waals surface area contributed by atoms with E-state index in [9.17, 15) is 9.90 Å². The van der Waals surface area contributed by atoms with Crippen LogP contribution in [0.3, 0.4) is 0 Å². The van der Waals surface area contributed by atoms with E-state index >= 15 is 0 Å². The average Bonchev–Trinajstić information content (AvgIpc) is 2.18. The number of hydrogen-bond acceptors (Lipinski definition) is 4. The average molecular weight is 214 g/mol. The van der Waals surface area contributed by atoms with Crippen LogP contribution in [0.25, 0.3) is 0 Å². The molecular formula is C10H18N2O3. The molecule has 0 heterocycles. The summed E-state index contributed by atoms with van der Waals surface area (Å²) in [5.74, 6) is 2.24. The van der Waals surface area contributed by atoms with Crippen molar-refractivity contribution < 1.29 is 14.6 Å². The van der Waals surface area contributed by atoms with E-state index in [0.29, 0.717) is 19.5 Å². The molecule has 1 unspecified atom stereocenters. The molecule has 0 bridgehead atoms. The van der Waals surface area contributed by atoms with Gasteiger partial charge >= 0.3 is 0 Å². The number of amides is 1. The predicted molar refractivity (Wildman–Crippen MR) is 57.2 cm³/mol. The van der Waals surface area contributed by atoms with E-state index in [2.05, 4.69) is 16.6 Å². The van der Waals surface area contributed by atoms with Gasteiger partial charge in [0.1, 0.15) is 0 Å². The van der Waals surface area contributed by atoms with Crippen molar-refractivity contribution in [2.45, 2.75) is 12.5 Å². The molecule has 5 heteroatoms. The Morgan fingerprint density at radius 2 is 2.40 bits per heavy atom. The molecule has 0 radical (unpaired) electrons. The van der Waals surface area contributed by atoms with E-state index in [-0.39, 0.29) is 19.1 Å². The van der Waals surface area contributed by atoms with E-state index in [0.717, 1.165) is 0 Å². The first-order chi connectivity index (χ1) is 7.20. The molecule has 15 heavy (non-hydrogen) atoms. The monoisotopic (exact) mass is 214 g/mol. The number of rotatable bonds is 8. The Morgan fingerprint density at radius 3 is 3.00 bits per heavy atom. The van der Waals surface area contributed by atoms with Gasteiger partial charge in [0, 0.05) is 13.7 Å². The minimum absolute atomic E-state index is 0.130. The summed E-state index contributed by atoms with van der Waals surface area (Å²) in [6, 6.07) is 0. The number of hydrogen-bond donors (Lipinski definition) is 3. The third kappa shape index (κ3) is 9.22. The van der Waals surface area contributed by atoms with E-state index in [1.807, 2.05) is 0 Å². The summed E-state index contributed by atoms with van der Waals surface area (Å²) in [7, 11) is 1.52. The van der Waals surface area contributed by atoms with Crippen molar-refractivity contribution in [2.24, 2.45) is 0 Å². The molecule has 86 valence electrons. The number of aliphatic hydroxyl groups is 1. The van der Waals surface area contributed by atoms with Gasteiger partial charge in [0.05, 0.1) is 25.8 Å². The van der Waals surface area contributed by atoms with Crippen LogP contribution in [0.2, 0.25) is 0 Å². The standard InChI is InChI=1S/C10H18N2O3/c1-3-5-11-7-10(14)12-6-4-9(13)8-15-2/h1,9,11,13H,4-8H2,2H3,(H,12,14). The molecule has 0 aromatic rings. The predicted octanol–water partition coefficient (Wildman–Crippen LogP) is -1.28. The van der Waals surface area contributed by atoms with Crippen molar-refractivity contribution >= 4 is 5.91 Å². The molecule has 0 saturated heterocycles.